The van der Waals surface area contributed by atoms with Crippen molar-refractivity contribution < 1.29 is 12.9 Å². The summed E-state index contributed by atoms with van der Waals surface area (Å²) in [5.41, 5.74) is 0. The van der Waals surface area contributed by atoms with E-state index in [-0.39, 0.29) is 10.3 Å². The van der Waals surface area contributed by atoms with Crippen molar-refractivity contribution in [3.05, 3.63) is 12.5 Å². The fourth-order valence-electron chi connectivity index (χ4n) is 1.35. The number of hydrogen-bond acceptors (Lipinski definition) is 5. The summed E-state index contributed by atoms with van der Waals surface area (Å²) in [5, 5.41) is 3.39. The van der Waals surface area contributed by atoms with Crippen molar-refractivity contribution in [1.82, 2.24) is 9.46 Å². The zero-order valence-electron chi connectivity index (χ0n) is 7.58. The second kappa shape index (κ2) is 3.56. The molecule has 2 heterocycles. The van der Waals surface area contributed by atoms with E-state index in [9.17, 15) is 8.42 Å². The van der Waals surface area contributed by atoms with Crippen LogP contribution in [0.1, 0.15) is 6.92 Å². The first-order valence-electron chi connectivity index (χ1n) is 4.15. The summed E-state index contributed by atoms with van der Waals surface area (Å²) in [6.45, 7) is 2.43. The highest BCUT2D eigenvalue weighted by atomic mass is 32.2. The van der Waals surface area contributed by atoms with Gasteiger partial charge in [-0.3, -0.25) is 0 Å². The van der Waals surface area contributed by atoms with Gasteiger partial charge in [0.25, 0.3) is 0 Å². The van der Waals surface area contributed by atoms with Gasteiger partial charge in [0.15, 0.2) is 0 Å². The fourth-order valence-corrected chi connectivity index (χ4v) is 4.24. The second-order valence-corrected chi connectivity index (χ2v) is 6.26. The van der Waals surface area contributed by atoms with Crippen LogP contribution in [0.15, 0.2) is 21.9 Å². The Labute approximate surface area is 86.5 Å². The summed E-state index contributed by atoms with van der Waals surface area (Å²) in [6, 6.07) is 0. The molecule has 0 spiro atoms. The zero-order valence-corrected chi connectivity index (χ0v) is 9.21. The van der Waals surface area contributed by atoms with Crippen LogP contribution < -0.4 is 0 Å². The van der Waals surface area contributed by atoms with Crippen LogP contribution in [-0.4, -0.2) is 35.6 Å². The van der Waals surface area contributed by atoms with Crippen LogP contribution in [0.3, 0.4) is 0 Å². The van der Waals surface area contributed by atoms with Crippen LogP contribution in [-0.2, 0) is 10.0 Å². The number of hydrogen-bond donors (Lipinski definition) is 0. The minimum atomic E-state index is -3.39. The molecule has 0 saturated carbocycles. The van der Waals surface area contributed by atoms with Crippen molar-refractivity contribution in [1.29, 1.82) is 0 Å². The molecule has 0 N–H and O–H groups in total. The molecule has 1 atom stereocenters. The molecule has 1 aliphatic heterocycles. The maximum Gasteiger partial charge on any atom is 0.248 e. The lowest BCUT2D eigenvalue weighted by atomic mass is 10.7. The number of nitrogens with zero attached hydrogens (tertiary/aromatic N) is 2. The smallest absolute Gasteiger partial charge is 0.248 e. The molecular formula is C7H10N2O3S2. The molecule has 1 aliphatic rings. The predicted octanol–water partition coefficient (Wildman–Crippen LogP) is 0.758. The highest BCUT2D eigenvalue weighted by molar-refractivity contribution is 8.01. The van der Waals surface area contributed by atoms with Crippen molar-refractivity contribution >= 4 is 21.8 Å². The van der Waals surface area contributed by atoms with E-state index < -0.39 is 10.0 Å². The van der Waals surface area contributed by atoms with E-state index in [1.807, 2.05) is 6.92 Å². The highest BCUT2D eigenvalue weighted by Crippen LogP contribution is 2.29. The molecule has 0 amide bonds. The Morgan fingerprint density at radius 1 is 1.71 bits per heavy atom. The van der Waals surface area contributed by atoms with Crippen molar-refractivity contribution in [2.45, 2.75) is 17.2 Å². The van der Waals surface area contributed by atoms with Crippen LogP contribution in [0.4, 0.5) is 0 Å². The van der Waals surface area contributed by atoms with Crippen LogP contribution in [0, 0.1) is 0 Å². The van der Waals surface area contributed by atoms with Gasteiger partial charge in [-0.15, -0.1) is 11.8 Å². The standard InChI is InChI=1S/C7H10N2O3S2/c1-6-9(2-3-13-6)14(10,11)7-4-8-12-5-7/h4-6H,2-3H2,1H3. The lowest BCUT2D eigenvalue weighted by Crippen LogP contribution is -2.32. The first-order chi connectivity index (χ1) is 6.62. The zero-order chi connectivity index (χ0) is 10.2. The Bertz CT molecular complexity index is 401. The first-order valence-corrected chi connectivity index (χ1v) is 6.64. The average Bonchev–Trinajstić information content (AvgIpc) is 2.72. The van der Waals surface area contributed by atoms with Crippen molar-refractivity contribution in [2.24, 2.45) is 0 Å². The van der Waals surface area contributed by atoms with Crippen LogP contribution in [0.2, 0.25) is 0 Å². The molecule has 1 aromatic rings. The number of rotatable bonds is 2. The van der Waals surface area contributed by atoms with Gasteiger partial charge in [-0.25, -0.2) is 8.42 Å². The molecule has 7 heteroatoms. The topological polar surface area (TPSA) is 63.4 Å². The summed E-state index contributed by atoms with van der Waals surface area (Å²) in [5.74, 6) is 0.839. The van der Waals surface area contributed by atoms with E-state index in [1.54, 1.807) is 11.8 Å². The molecule has 5 nitrogen and oxygen atoms in total. The largest absolute Gasteiger partial charge is 0.363 e. The fraction of sp³-hybridized carbons (Fsp3) is 0.571. The van der Waals surface area contributed by atoms with Crippen LogP contribution >= 0.6 is 11.8 Å². The molecule has 14 heavy (non-hydrogen) atoms. The molecule has 0 bridgehead atoms. The third-order valence-corrected chi connectivity index (χ3v) is 5.29. The number of sulfonamides is 1. The Morgan fingerprint density at radius 2 is 2.50 bits per heavy atom. The summed E-state index contributed by atoms with van der Waals surface area (Å²) < 4.78 is 29.8. The van der Waals surface area contributed by atoms with Crippen molar-refractivity contribution in [3.63, 3.8) is 0 Å². The number of thioether (sulfide) groups is 1. The van der Waals surface area contributed by atoms with E-state index in [2.05, 4.69) is 9.68 Å². The normalized spacial score (nSPS) is 24.2. The summed E-state index contributed by atoms with van der Waals surface area (Å²) in [7, 11) is -3.39. The van der Waals surface area contributed by atoms with E-state index in [4.69, 9.17) is 0 Å². The third-order valence-electron chi connectivity index (χ3n) is 2.09. The van der Waals surface area contributed by atoms with Crippen LogP contribution in [0.5, 0.6) is 0 Å². The minimum Gasteiger partial charge on any atom is -0.363 e. The van der Waals surface area contributed by atoms with Gasteiger partial charge >= 0.3 is 0 Å². The molecule has 1 saturated heterocycles. The van der Waals surface area contributed by atoms with Gasteiger partial charge in [-0.2, -0.15) is 4.31 Å². The Hall–Kier alpha value is -0.530. The Balaban J connectivity index is 2.33. The monoisotopic (exact) mass is 234 g/mol. The highest BCUT2D eigenvalue weighted by Gasteiger charge is 2.33. The van der Waals surface area contributed by atoms with Gasteiger partial charge < -0.3 is 4.52 Å². The molecule has 1 unspecified atom stereocenters. The van der Waals surface area contributed by atoms with Crippen LogP contribution in [0.25, 0.3) is 0 Å². The van der Waals surface area contributed by atoms with Gasteiger partial charge in [0.1, 0.15) is 11.2 Å². The lowest BCUT2D eigenvalue weighted by Gasteiger charge is -2.18. The van der Waals surface area contributed by atoms with Gasteiger partial charge in [0, 0.05) is 12.3 Å². The van der Waals surface area contributed by atoms with Gasteiger partial charge in [0.2, 0.25) is 10.0 Å². The minimum absolute atomic E-state index is 0.00472. The molecular weight excluding hydrogens is 224 g/mol. The molecule has 0 aromatic carbocycles. The Morgan fingerprint density at radius 3 is 3.00 bits per heavy atom. The number of aromatic nitrogens is 1. The summed E-state index contributed by atoms with van der Waals surface area (Å²) in [4.78, 5) is 0.131. The average molecular weight is 234 g/mol. The van der Waals surface area contributed by atoms with Crippen molar-refractivity contribution in [3.8, 4) is 0 Å². The van der Waals surface area contributed by atoms with Gasteiger partial charge in [-0.05, 0) is 6.92 Å². The predicted molar refractivity (Wildman–Crippen MR) is 52.3 cm³/mol. The molecule has 1 aromatic heterocycles. The summed E-state index contributed by atoms with van der Waals surface area (Å²) >= 11 is 1.63. The molecule has 0 radical (unpaired) electrons. The van der Waals surface area contributed by atoms with E-state index >= 15 is 0 Å². The van der Waals surface area contributed by atoms with E-state index in [0.29, 0.717) is 6.54 Å². The van der Waals surface area contributed by atoms with Gasteiger partial charge in [0.05, 0.1) is 11.6 Å². The first kappa shape index (κ1) is 10.0. The molecule has 0 aliphatic carbocycles. The third kappa shape index (κ3) is 1.55. The maximum absolute atomic E-state index is 11.9. The molecule has 78 valence electrons. The molecule has 2 rings (SSSR count). The SMILES string of the molecule is CC1SCCN1S(=O)(=O)c1cnoc1. The van der Waals surface area contributed by atoms with E-state index in [0.717, 1.165) is 12.0 Å². The van der Waals surface area contributed by atoms with Gasteiger partial charge in [-0.1, -0.05) is 5.16 Å². The maximum atomic E-state index is 11.9. The lowest BCUT2D eigenvalue weighted by molar-refractivity contribution is 0.415. The second-order valence-electron chi connectivity index (χ2n) is 2.95. The molecule has 1 fully saturated rings. The van der Waals surface area contributed by atoms with Crippen molar-refractivity contribution in [2.75, 3.05) is 12.3 Å². The quantitative estimate of drug-likeness (QED) is 0.756. The van der Waals surface area contributed by atoms with E-state index in [1.165, 1.54) is 10.5 Å². The summed E-state index contributed by atoms with van der Waals surface area (Å²) in [6.07, 6.45) is 2.38. The Kier molecular flexibility index (Phi) is 2.54.